The molecule has 5 nitrogen and oxygen atoms in total. The molecule has 6 heteroatoms. The van der Waals surface area contributed by atoms with E-state index in [-0.39, 0.29) is 17.6 Å². The molecule has 0 aliphatic heterocycles. The Balaban J connectivity index is 2.59. The van der Waals surface area contributed by atoms with E-state index >= 15 is 0 Å². The van der Waals surface area contributed by atoms with Crippen molar-refractivity contribution in [2.75, 3.05) is 5.75 Å². The van der Waals surface area contributed by atoms with Crippen LogP contribution in [0, 0.1) is 11.8 Å². The number of hydrogen-bond donors (Lipinski definition) is 3. The van der Waals surface area contributed by atoms with Crippen LogP contribution in [0.5, 0.6) is 0 Å². The highest BCUT2D eigenvalue weighted by molar-refractivity contribution is 7.79. The maximum absolute atomic E-state index is 11.0. The number of rotatable bonds is 4. The van der Waals surface area contributed by atoms with E-state index in [0.29, 0.717) is 12.8 Å². The van der Waals surface area contributed by atoms with Crippen molar-refractivity contribution in [3.8, 4) is 0 Å². The van der Waals surface area contributed by atoms with Gasteiger partial charge in [-0.3, -0.25) is 4.79 Å². The molecule has 1 aliphatic rings. The standard InChI is InChI=1S/C9H17NO4S/c1-6-7(3-5-15(13)14)2-4-9(6,10)8(11)12/h6-7H,2-5,10H2,1H3,(H,11,12)(H,13,14)/t6-,7?,9?/m0/s1. The Kier molecular flexibility index (Phi) is 3.86. The molecule has 1 fully saturated rings. The van der Waals surface area contributed by atoms with Crippen molar-refractivity contribution in [3.05, 3.63) is 0 Å². The van der Waals surface area contributed by atoms with E-state index in [1.54, 1.807) is 0 Å². The second-order valence-corrected chi connectivity index (χ2v) is 5.30. The second-order valence-electron chi connectivity index (χ2n) is 4.25. The highest BCUT2D eigenvalue weighted by Gasteiger charge is 2.48. The minimum Gasteiger partial charge on any atom is -0.480 e. The first kappa shape index (κ1) is 12.6. The van der Waals surface area contributed by atoms with Crippen molar-refractivity contribution < 1.29 is 18.7 Å². The zero-order valence-electron chi connectivity index (χ0n) is 8.68. The first-order chi connectivity index (χ1) is 6.88. The van der Waals surface area contributed by atoms with E-state index in [4.69, 9.17) is 15.4 Å². The third-order valence-electron chi connectivity index (χ3n) is 3.51. The summed E-state index contributed by atoms with van der Waals surface area (Å²) in [6.45, 7) is 1.81. The van der Waals surface area contributed by atoms with Gasteiger partial charge in [0.15, 0.2) is 11.1 Å². The number of carboxylic acid groups (broad SMARTS) is 1. The van der Waals surface area contributed by atoms with Crippen molar-refractivity contribution in [3.63, 3.8) is 0 Å². The van der Waals surface area contributed by atoms with Crippen LogP contribution < -0.4 is 5.73 Å². The zero-order chi connectivity index (χ0) is 11.6. The van der Waals surface area contributed by atoms with Crippen molar-refractivity contribution in [1.29, 1.82) is 0 Å². The monoisotopic (exact) mass is 235 g/mol. The van der Waals surface area contributed by atoms with Crippen molar-refractivity contribution in [1.82, 2.24) is 0 Å². The van der Waals surface area contributed by atoms with Gasteiger partial charge in [-0.05, 0) is 31.1 Å². The molecule has 1 rings (SSSR count). The maximum Gasteiger partial charge on any atom is 0.323 e. The van der Waals surface area contributed by atoms with Crippen molar-refractivity contribution in [2.24, 2.45) is 17.6 Å². The molecule has 0 heterocycles. The van der Waals surface area contributed by atoms with Crippen LogP contribution in [0.3, 0.4) is 0 Å². The van der Waals surface area contributed by atoms with Crippen LogP contribution in [0.2, 0.25) is 0 Å². The molecule has 0 radical (unpaired) electrons. The van der Waals surface area contributed by atoms with Gasteiger partial charge in [0.25, 0.3) is 0 Å². The minimum atomic E-state index is -1.80. The average Bonchev–Trinajstić information content (AvgIpc) is 2.42. The lowest BCUT2D eigenvalue weighted by atomic mass is 9.84. The first-order valence-corrected chi connectivity index (χ1v) is 6.25. The molecule has 3 unspecified atom stereocenters. The Labute approximate surface area is 91.3 Å². The Bertz CT molecular complexity index is 283. The molecule has 4 atom stereocenters. The summed E-state index contributed by atoms with van der Waals surface area (Å²) in [5.41, 5.74) is 4.65. The number of hydrogen-bond acceptors (Lipinski definition) is 3. The highest BCUT2D eigenvalue weighted by Crippen LogP contribution is 2.40. The molecule has 0 amide bonds. The summed E-state index contributed by atoms with van der Waals surface area (Å²) in [6.07, 6.45) is 1.74. The lowest BCUT2D eigenvalue weighted by Gasteiger charge is -2.26. The van der Waals surface area contributed by atoms with Gasteiger partial charge in [0.2, 0.25) is 0 Å². The summed E-state index contributed by atoms with van der Waals surface area (Å²) < 4.78 is 19.2. The molecule has 1 saturated carbocycles. The third-order valence-corrected chi connectivity index (χ3v) is 4.09. The average molecular weight is 235 g/mol. The lowest BCUT2D eigenvalue weighted by Crippen LogP contribution is -2.51. The fourth-order valence-electron chi connectivity index (χ4n) is 2.27. The quantitative estimate of drug-likeness (QED) is 0.613. The van der Waals surface area contributed by atoms with E-state index in [1.165, 1.54) is 0 Å². The van der Waals surface area contributed by atoms with Gasteiger partial charge < -0.3 is 15.4 Å². The molecule has 1 aliphatic carbocycles. The number of carboxylic acids is 1. The highest BCUT2D eigenvalue weighted by atomic mass is 32.2. The van der Waals surface area contributed by atoms with Gasteiger partial charge in [-0.2, -0.15) is 0 Å². The molecule has 4 N–H and O–H groups in total. The maximum atomic E-state index is 11.0. The predicted octanol–water partition coefficient (Wildman–Crippen LogP) is 0.426. The fraction of sp³-hybridized carbons (Fsp3) is 0.889. The van der Waals surface area contributed by atoms with Crippen LogP contribution >= 0.6 is 0 Å². The van der Waals surface area contributed by atoms with Gasteiger partial charge in [0.1, 0.15) is 5.54 Å². The molecular formula is C9H17NO4S. The zero-order valence-corrected chi connectivity index (χ0v) is 9.50. The summed E-state index contributed by atoms with van der Waals surface area (Å²) in [5, 5.41) is 9.00. The number of aliphatic carboxylic acids is 1. The third kappa shape index (κ3) is 2.56. The van der Waals surface area contributed by atoms with E-state index in [9.17, 15) is 9.00 Å². The van der Waals surface area contributed by atoms with Gasteiger partial charge in [0, 0.05) is 5.75 Å². The van der Waals surface area contributed by atoms with E-state index < -0.39 is 22.6 Å². The topological polar surface area (TPSA) is 101 Å². The largest absolute Gasteiger partial charge is 0.480 e. The van der Waals surface area contributed by atoms with E-state index in [2.05, 4.69) is 0 Å². The molecule has 0 bridgehead atoms. The summed E-state index contributed by atoms with van der Waals surface area (Å²) in [4.78, 5) is 11.0. The molecule has 0 aromatic carbocycles. The fourth-order valence-corrected chi connectivity index (χ4v) is 2.78. The Morgan fingerprint density at radius 3 is 2.67 bits per heavy atom. The smallest absolute Gasteiger partial charge is 0.323 e. The van der Waals surface area contributed by atoms with Gasteiger partial charge in [0.05, 0.1) is 0 Å². The minimum absolute atomic E-state index is 0.140. The number of nitrogens with two attached hydrogens (primary N) is 1. The lowest BCUT2D eigenvalue weighted by molar-refractivity contribution is -0.144. The van der Waals surface area contributed by atoms with Gasteiger partial charge in [-0.1, -0.05) is 6.92 Å². The Hall–Kier alpha value is -0.460. The van der Waals surface area contributed by atoms with E-state index in [1.807, 2.05) is 6.92 Å². The molecule has 15 heavy (non-hydrogen) atoms. The van der Waals surface area contributed by atoms with Gasteiger partial charge in [-0.25, -0.2) is 4.21 Å². The van der Waals surface area contributed by atoms with Crippen molar-refractivity contribution in [2.45, 2.75) is 31.7 Å². The molecule has 0 aromatic rings. The van der Waals surface area contributed by atoms with Crippen LogP contribution in [0.4, 0.5) is 0 Å². The van der Waals surface area contributed by atoms with Crippen molar-refractivity contribution >= 4 is 17.0 Å². The Morgan fingerprint density at radius 1 is 1.67 bits per heavy atom. The summed E-state index contributed by atoms with van der Waals surface area (Å²) in [5.74, 6) is -0.770. The second kappa shape index (κ2) is 4.59. The van der Waals surface area contributed by atoms with Gasteiger partial charge >= 0.3 is 5.97 Å². The molecular weight excluding hydrogens is 218 g/mol. The van der Waals surface area contributed by atoms with Gasteiger partial charge in [-0.15, -0.1) is 0 Å². The van der Waals surface area contributed by atoms with Crippen LogP contribution in [-0.4, -0.2) is 31.1 Å². The molecule has 0 spiro atoms. The van der Waals surface area contributed by atoms with Crippen LogP contribution in [0.1, 0.15) is 26.2 Å². The molecule has 0 saturated heterocycles. The van der Waals surface area contributed by atoms with E-state index in [0.717, 1.165) is 6.42 Å². The predicted molar refractivity (Wildman–Crippen MR) is 56.7 cm³/mol. The molecule has 88 valence electrons. The normalized spacial score (nSPS) is 37.8. The van der Waals surface area contributed by atoms with Crippen LogP contribution in [-0.2, 0) is 15.9 Å². The Morgan fingerprint density at radius 2 is 2.27 bits per heavy atom. The molecule has 0 aromatic heterocycles. The number of carbonyl (C=O) groups is 1. The van der Waals surface area contributed by atoms with Crippen LogP contribution in [0.25, 0.3) is 0 Å². The SMILES string of the molecule is C[C@H]1C(CCS(=O)O)CCC1(N)C(=O)O. The summed E-state index contributed by atoms with van der Waals surface area (Å²) in [6, 6.07) is 0. The van der Waals surface area contributed by atoms with Crippen LogP contribution in [0.15, 0.2) is 0 Å². The summed E-state index contributed by atoms with van der Waals surface area (Å²) >= 11 is -1.80. The first-order valence-electron chi connectivity index (χ1n) is 4.97. The summed E-state index contributed by atoms with van der Waals surface area (Å²) in [7, 11) is 0.